The van der Waals surface area contributed by atoms with Crippen LogP contribution in [0.5, 0.6) is 0 Å². The van der Waals surface area contributed by atoms with Gasteiger partial charge in [-0.3, -0.25) is 4.57 Å². The highest BCUT2D eigenvalue weighted by Crippen LogP contribution is 2.51. The number of rotatable bonds is 3. The van der Waals surface area contributed by atoms with E-state index in [2.05, 4.69) is 85.7 Å². The molecule has 0 spiro atoms. The topological polar surface area (TPSA) is 43.6 Å². The first kappa shape index (κ1) is 27.0. The Labute approximate surface area is 253 Å². The summed E-state index contributed by atoms with van der Waals surface area (Å²) in [6.07, 6.45) is 6.27. The molecular formula is C39H36N4. The van der Waals surface area contributed by atoms with Gasteiger partial charge in [0, 0.05) is 27.6 Å². The van der Waals surface area contributed by atoms with Crippen LogP contribution in [0.2, 0.25) is 0 Å². The Morgan fingerprint density at radius 2 is 1.28 bits per heavy atom. The SMILES string of the molecule is C=CC.CC1(C)c2ccccc2-c2cc3c(cc21)c1c(n3-c2nc(-c3ccccc3)nc(-c3ccccc3)n2)CCCC1. The highest BCUT2D eigenvalue weighted by molar-refractivity contribution is 5.95. The van der Waals surface area contributed by atoms with Gasteiger partial charge in [0.2, 0.25) is 5.95 Å². The molecule has 0 N–H and O–H groups in total. The normalized spacial score (nSPS) is 14.3. The van der Waals surface area contributed by atoms with Crippen LogP contribution < -0.4 is 0 Å². The van der Waals surface area contributed by atoms with Crippen molar-refractivity contribution in [3.63, 3.8) is 0 Å². The number of fused-ring (bicyclic) bond motifs is 6. The molecule has 4 nitrogen and oxygen atoms in total. The summed E-state index contributed by atoms with van der Waals surface area (Å²) in [5, 5.41) is 1.34. The van der Waals surface area contributed by atoms with Gasteiger partial charge in [-0.25, -0.2) is 4.98 Å². The Bertz CT molecular complexity index is 1910. The molecule has 2 aliphatic carbocycles. The molecule has 0 aliphatic heterocycles. The predicted octanol–water partition coefficient (Wildman–Crippen LogP) is 9.53. The minimum atomic E-state index is -0.0299. The van der Waals surface area contributed by atoms with Crippen molar-refractivity contribution in [2.24, 2.45) is 0 Å². The molecule has 8 rings (SSSR count). The van der Waals surface area contributed by atoms with E-state index < -0.39 is 0 Å². The lowest BCUT2D eigenvalue weighted by atomic mass is 9.82. The molecule has 0 saturated carbocycles. The summed E-state index contributed by atoms with van der Waals surface area (Å²) < 4.78 is 2.35. The van der Waals surface area contributed by atoms with Crippen molar-refractivity contribution in [2.45, 2.75) is 51.9 Å². The first-order chi connectivity index (χ1) is 21.0. The standard InChI is InChI=1S/C36H30N4.C3H6/c1-36(2)29-19-11-9-17-25(29)27-22-32-28(21-30(27)36)26-18-10-12-20-31(26)40(32)35-38-33(23-13-5-3-6-14-23)37-34(39-35)24-15-7-4-8-16-24;1-3-2/h3-9,11,13-17,19,21-22H,10,12,18,20H2,1-2H3;3H,1H2,2H3. The van der Waals surface area contributed by atoms with Crippen LogP contribution in [0.4, 0.5) is 0 Å². The number of hydrogen-bond acceptors (Lipinski definition) is 3. The Balaban J connectivity index is 0.000000963. The second-order valence-corrected chi connectivity index (χ2v) is 12.0. The number of nitrogens with zero attached hydrogens (tertiary/aromatic N) is 4. The fraction of sp³-hybridized carbons (Fsp3) is 0.205. The van der Waals surface area contributed by atoms with Gasteiger partial charge in [0.25, 0.3) is 0 Å². The summed E-state index contributed by atoms with van der Waals surface area (Å²) in [7, 11) is 0. The molecule has 0 fully saturated rings. The summed E-state index contributed by atoms with van der Waals surface area (Å²) >= 11 is 0. The van der Waals surface area contributed by atoms with Gasteiger partial charge in [-0.1, -0.05) is 105 Å². The minimum Gasteiger partial charge on any atom is -0.282 e. The van der Waals surface area contributed by atoms with E-state index in [9.17, 15) is 0 Å². The van der Waals surface area contributed by atoms with Crippen molar-refractivity contribution in [3.05, 3.63) is 132 Å². The van der Waals surface area contributed by atoms with E-state index in [-0.39, 0.29) is 5.41 Å². The fourth-order valence-corrected chi connectivity index (χ4v) is 6.86. The van der Waals surface area contributed by atoms with E-state index in [4.69, 9.17) is 15.0 Å². The zero-order valence-corrected chi connectivity index (χ0v) is 25.1. The first-order valence-electron chi connectivity index (χ1n) is 15.3. The van der Waals surface area contributed by atoms with Crippen LogP contribution in [-0.4, -0.2) is 19.5 Å². The van der Waals surface area contributed by atoms with Crippen molar-refractivity contribution < 1.29 is 0 Å². The van der Waals surface area contributed by atoms with Crippen molar-refractivity contribution in [1.29, 1.82) is 0 Å². The fourth-order valence-electron chi connectivity index (χ4n) is 6.86. The average molecular weight is 561 g/mol. The zero-order valence-electron chi connectivity index (χ0n) is 25.1. The van der Waals surface area contributed by atoms with E-state index in [1.807, 2.05) is 43.3 Å². The molecule has 2 aromatic heterocycles. The molecule has 0 radical (unpaired) electrons. The summed E-state index contributed by atoms with van der Waals surface area (Å²) in [5.74, 6) is 2.10. The van der Waals surface area contributed by atoms with Gasteiger partial charge in [0.15, 0.2) is 11.6 Å². The van der Waals surface area contributed by atoms with Gasteiger partial charge >= 0.3 is 0 Å². The average Bonchev–Trinajstić information content (AvgIpc) is 3.49. The van der Waals surface area contributed by atoms with Crippen molar-refractivity contribution in [2.75, 3.05) is 0 Å². The summed E-state index contributed by atoms with van der Waals surface area (Å²) in [4.78, 5) is 15.2. The Morgan fingerprint density at radius 3 is 1.93 bits per heavy atom. The van der Waals surface area contributed by atoms with Crippen LogP contribution in [0.15, 0.2) is 110 Å². The van der Waals surface area contributed by atoms with Crippen LogP contribution in [0.3, 0.4) is 0 Å². The molecule has 43 heavy (non-hydrogen) atoms. The third-order valence-electron chi connectivity index (χ3n) is 8.86. The van der Waals surface area contributed by atoms with Crippen LogP contribution in [0.1, 0.15) is 56.0 Å². The van der Waals surface area contributed by atoms with E-state index in [0.29, 0.717) is 17.6 Å². The molecule has 6 aromatic rings. The lowest BCUT2D eigenvalue weighted by Gasteiger charge is -2.21. The maximum Gasteiger partial charge on any atom is 0.238 e. The number of aryl methyl sites for hydroxylation is 1. The lowest BCUT2D eigenvalue weighted by Crippen LogP contribution is -2.14. The molecule has 0 amide bonds. The molecule has 0 saturated heterocycles. The maximum absolute atomic E-state index is 5.14. The number of aromatic nitrogens is 4. The van der Waals surface area contributed by atoms with E-state index in [0.717, 1.165) is 24.0 Å². The molecule has 0 bridgehead atoms. The van der Waals surface area contributed by atoms with Crippen LogP contribution in [0.25, 0.3) is 50.8 Å². The highest BCUT2D eigenvalue weighted by Gasteiger charge is 2.37. The van der Waals surface area contributed by atoms with Gasteiger partial charge in [-0.2, -0.15) is 9.97 Å². The Morgan fingerprint density at radius 1 is 0.698 bits per heavy atom. The monoisotopic (exact) mass is 560 g/mol. The quantitative estimate of drug-likeness (QED) is 0.202. The molecule has 2 aliphatic rings. The molecule has 0 atom stereocenters. The number of hydrogen-bond donors (Lipinski definition) is 0. The van der Waals surface area contributed by atoms with E-state index >= 15 is 0 Å². The van der Waals surface area contributed by atoms with Crippen molar-refractivity contribution in [3.8, 4) is 39.9 Å². The molecule has 212 valence electrons. The zero-order chi connectivity index (χ0) is 29.6. The van der Waals surface area contributed by atoms with Crippen LogP contribution in [-0.2, 0) is 18.3 Å². The van der Waals surface area contributed by atoms with Gasteiger partial charge < -0.3 is 0 Å². The van der Waals surface area contributed by atoms with E-state index in [1.54, 1.807) is 6.08 Å². The first-order valence-corrected chi connectivity index (χ1v) is 15.3. The summed E-state index contributed by atoms with van der Waals surface area (Å²) in [6, 6.07) is 34.3. The van der Waals surface area contributed by atoms with Crippen molar-refractivity contribution >= 4 is 10.9 Å². The summed E-state index contributed by atoms with van der Waals surface area (Å²) in [5.41, 5.74) is 11.4. The van der Waals surface area contributed by atoms with Gasteiger partial charge in [0.05, 0.1) is 5.52 Å². The second kappa shape index (κ2) is 10.8. The van der Waals surface area contributed by atoms with Crippen LogP contribution >= 0.6 is 0 Å². The second-order valence-electron chi connectivity index (χ2n) is 12.0. The predicted molar refractivity (Wildman–Crippen MR) is 178 cm³/mol. The third-order valence-corrected chi connectivity index (χ3v) is 8.86. The lowest BCUT2D eigenvalue weighted by molar-refractivity contribution is 0.659. The number of allylic oxidation sites excluding steroid dienone is 1. The Hall–Kier alpha value is -4.83. The molecular weight excluding hydrogens is 524 g/mol. The van der Waals surface area contributed by atoms with Gasteiger partial charge in [-0.05, 0) is 72.6 Å². The Kier molecular flexibility index (Phi) is 6.78. The number of benzene rings is 4. The maximum atomic E-state index is 5.14. The molecule has 0 unspecified atom stereocenters. The van der Waals surface area contributed by atoms with Crippen molar-refractivity contribution in [1.82, 2.24) is 19.5 Å². The molecule has 4 aromatic carbocycles. The smallest absolute Gasteiger partial charge is 0.238 e. The minimum absolute atomic E-state index is 0.0299. The molecule has 2 heterocycles. The highest BCUT2D eigenvalue weighted by atomic mass is 15.2. The third kappa shape index (κ3) is 4.49. The van der Waals surface area contributed by atoms with E-state index in [1.165, 1.54) is 57.3 Å². The summed E-state index contributed by atoms with van der Waals surface area (Å²) in [6.45, 7) is 9.97. The molecule has 4 heteroatoms. The van der Waals surface area contributed by atoms with Crippen LogP contribution in [0, 0.1) is 0 Å². The van der Waals surface area contributed by atoms with Gasteiger partial charge in [0.1, 0.15) is 0 Å². The van der Waals surface area contributed by atoms with Gasteiger partial charge in [-0.15, -0.1) is 6.58 Å². The largest absolute Gasteiger partial charge is 0.282 e.